The molecule has 1 aliphatic rings. The summed E-state index contributed by atoms with van der Waals surface area (Å²) in [6, 6.07) is 30.2. The summed E-state index contributed by atoms with van der Waals surface area (Å²) in [6.45, 7) is 0.393. The maximum absolute atomic E-state index is 13.8. The van der Waals surface area contributed by atoms with E-state index in [4.69, 9.17) is 14.2 Å². The van der Waals surface area contributed by atoms with Crippen LogP contribution in [-0.2, 0) is 22.6 Å². The maximum Gasteiger partial charge on any atom is 0.417 e. The molecule has 3 atom stereocenters. The molecule has 1 heterocycles. The number of aliphatic hydroxyl groups excluding tert-OH is 1. The molecule has 5 rings (SSSR count). The molecule has 1 fully saturated rings. The van der Waals surface area contributed by atoms with Crippen LogP contribution in [0.3, 0.4) is 0 Å². The van der Waals surface area contributed by atoms with Gasteiger partial charge in [0, 0.05) is 0 Å². The molecule has 4 aromatic rings. The molecule has 1 saturated heterocycles. The highest BCUT2D eigenvalue weighted by atomic mass is 19.1. The zero-order valence-electron chi connectivity index (χ0n) is 21.6. The lowest BCUT2D eigenvalue weighted by molar-refractivity contribution is -0.142. The Morgan fingerprint density at radius 1 is 0.875 bits per heavy atom. The van der Waals surface area contributed by atoms with Crippen molar-refractivity contribution < 1.29 is 33.3 Å². The number of aliphatic hydroxyl groups is 1. The van der Waals surface area contributed by atoms with Crippen LogP contribution in [0, 0.1) is 5.82 Å². The number of rotatable bonds is 10. The van der Waals surface area contributed by atoms with E-state index in [1.807, 2.05) is 60.7 Å². The number of benzene rings is 4. The van der Waals surface area contributed by atoms with Gasteiger partial charge in [-0.15, -0.1) is 0 Å². The first-order chi connectivity index (χ1) is 19.5. The summed E-state index contributed by atoms with van der Waals surface area (Å²) in [7, 11) is 0. The van der Waals surface area contributed by atoms with Crippen molar-refractivity contribution in [1.82, 2.24) is 4.90 Å². The molecule has 8 heteroatoms. The second-order valence-electron chi connectivity index (χ2n) is 9.41. The van der Waals surface area contributed by atoms with Crippen molar-refractivity contribution in [3.8, 4) is 11.5 Å². The van der Waals surface area contributed by atoms with Gasteiger partial charge in [0.05, 0.1) is 6.04 Å². The lowest BCUT2D eigenvalue weighted by Gasteiger charge is -2.28. The number of hydrogen-bond acceptors (Lipinski definition) is 6. The molecule has 0 radical (unpaired) electrons. The van der Waals surface area contributed by atoms with Gasteiger partial charge < -0.3 is 19.3 Å². The number of hydrogen-bond donors (Lipinski definition) is 1. The first-order valence-corrected chi connectivity index (χ1v) is 12.9. The fourth-order valence-electron chi connectivity index (χ4n) is 4.49. The first-order valence-electron chi connectivity index (χ1n) is 12.9. The second-order valence-corrected chi connectivity index (χ2v) is 9.41. The molecule has 1 N–H and O–H groups in total. The monoisotopic (exact) mass is 541 g/mol. The van der Waals surface area contributed by atoms with Gasteiger partial charge in [-0.2, -0.15) is 0 Å². The van der Waals surface area contributed by atoms with E-state index < -0.39 is 36.1 Å². The molecule has 0 aromatic heterocycles. The third-order valence-electron chi connectivity index (χ3n) is 6.59. The van der Waals surface area contributed by atoms with E-state index in [9.17, 15) is 19.1 Å². The highest BCUT2D eigenvalue weighted by Crippen LogP contribution is 2.28. The summed E-state index contributed by atoms with van der Waals surface area (Å²) in [5.74, 6) is -0.500. The summed E-state index contributed by atoms with van der Waals surface area (Å²) < 4.78 is 30.5. The predicted molar refractivity (Wildman–Crippen MR) is 145 cm³/mol. The van der Waals surface area contributed by atoms with Crippen LogP contribution >= 0.6 is 0 Å². The van der Waals surface area contributed by atoms with E-state index in [0.29, 0.717) is 24.3 Å². The van der Waals surface area contributed by atoms with Gasteiger partial charge in [0.2, 0.25) is 6.10 Å². The lowest BCUT2D eigenvalue weighted by Crippen LogP contribution is -2.49. The molecule has 2 amide bonds. The third-order valence-corrected chi connectivity index (χ3v) is 6.59. The van der Waals surface area contributed by atoms with Crippen LogP contribution in [0.2, 0.25) is 0 Å². The first kappa shape index (κ1) is 26.9. The van der Waals surface area contributed by atoms with Crippen molar-refractivity contribution in [1.29, 1.82) is 0 Å². The van der Waals surface area contributed by atoms with Crippen LogP contribution in [0.25, 0.3) is 0 Å². The van der Waals surface area contributed by atoms with Gasteiger partial charge in [-0.25, -0.2) is 14.1 Å². The molecule has 40 heavy (non-hydrogen) atoms. The van der Waals surface area contributed by atoms with Crippen LogP contribution in [0.4, 0.5) is 9.18 Å². The van der Waals surface area contributed by atoms with E-state index in [1.165, 1.54) is 24.3 Å². The number of carbonyl (C=O) groups is 2. The summed E-state index contributed by atoms with van der Waals surface area (Å²) >= 11 is 0. The number of imide groups is 1. The summed E-state index contributed by atoms with van der Waals surface area (Å²) in [4.78, 5) is 27.5. The highest BCUT2D eigenvalue weighted by molar-refractivity contribution is 5.96. The van der Waals surface area contributed by atoms with Crippen LogP contribution in [0.15, 0.2) is 109 Å². The minimum atomic E-state index is -1.51. The van der Waals surface area contributed by atoms with Crippen molar-refractivity contribution in [2.24, 2.45) is 0 Å². The van der Waals surface area contributed by atoms with Gasteiger partial charge in [0.15, 0.2) is 0 Å². The van der Waals surface area contributed by atoms with E-state index in [-0.39, 0.29) is 12.4 Å². The number of cyclic esters (lactones) is 1. The lowest BCUT2D eigenvalue weighted by atomic mass is 10.0. The molecule has 4 aromatic carbocycles. The average Bonchev–Trinajstić information content (AvgIpc) is 3.35. The summed E-state index contributed by atoms with van der Waals surface area (Å²) in [5, 5.41) is 11.3. The minimum Gasteiger partial charge on any atom is -0.489 e. The third kappa shape index (κ3) is 6.47. The largest absolute Gasteiger partial charge is 0.489 e. The summed E-state index contributed by atoms with van der Waals surface area (Å²) in [6.07, 6.45) is -3.39. The normalized spacial score (nSPS) is 16.2. The molecule has 204 valence electrons. The van der Waals surface area contributed by atoms with E-state index in [1.54, 1.807) is 24.3 Å². The molecule has 7 nitrogen and oxygen atoms in total. The van der Waals surface area contributed by atoms with Crippen molar-refractivity contribution in [2.75, 3.05) is 6.61 Å². The highest BCUT2D eigenvalue weighted by Gasteiger charge is 2.44. The smallest absolute Gasteiger partial charge is 0.417 e. The molecule has 0 bridgehead atoms. The number of halogens is 1. The Morgan fingerprint density at radius 3 is 2.12 bits per heavy atom. The van der Waals surface area contributed by atoms with Crippen LogP contribution in [-0.4, -0.2) is 40.8 Å². The fourth-order valence-corrected chi connectivity index (χ4v) is 4.49. The Labute approximate surface area is 231 Å². The van der Waals surface area contributed by atoms with Gasteiger partial charge in [0.1, 0.15) is 36.6 Å². The number of carbonyl (C=O) groups excluding carboxylic acids is 2. The van der Waals surface area contributed by atoms with Crippen LogP contribution in [0.5, 0.6) is 11.5 Å². The van der Waals surface area contributed by atoms with Gasteiger partial charge in [-0.05, 0) is 59.5 Å². The molecule has 0 spiro atoms. The average molecular weight is 542 g/mol. The number of amides is 2. The topological polar surface area (TPSA) is 85.3 Å². The Bertz CT molecular complexity index is 1410. The van der Waals surface area contributed by atoms with E-state index in [2.05, 4.69) is 0 Å². The minimum absolute atomic E-state index is 0.0201. The molecule has 0 aliphatic carbocycles. The quantitative estimate of drug-likeness (QED) is 0.286. The van der Waals surface area contributed by atoms with Crippen molar-refractivity contribution in [2.45, 2.75) is 31.3 Å². The van der Waals surface area contributed by atoms with Crippen molar-refractivity contribution in [3.05, 3.63) is 132 Å². The van der Waals surface area contributed by atoms with Crippen LogP contribution < -0.4 is 9.47 Å². The molecule has 1 unspecified atom stereocenters. The molecule has 0 saturated carbocycles. The number of nitrogens with zero attached hydrogens (tertiary/aromatic N) is 1. The van der Waals surface area contributed by atoms with Gasteiger partial charge in [-0.3, -0.25) is 4.79 Å². The van der Waals surface area contributed by atoms with Crippen molar-refractivity contribution in [3.63, 3.8) is 0 Å². The molecular formula is C32H28FNO6. The van der Waals surface area contributed by atoms with Crippen LogP contribution in [0.1, 0.15) is 22.8 Å². The van der Waals surface area contributed by atoms with Crippen molar-refractivity contribution >= 4 is 12.0 Å². The van der Waals surface area contributed by atoms with E-state index >= 15 is 0 Å². The second kappa shape index (κ2) is 12.4. The Kier molecular flexibility index (Phi) is 8.37. The van der Waals surface area contributed by atoms with Gasteiger partial charge in [0.25, 0.3) is 5.91 Å². The zero-order valence-corrected chi connectivity index (χ0v) is 21.6. The Hall–Kier alpha value is -4.69. The Morgan fingerprint density at radius 2 is 1.48 bits per heavy atom. The maximum atomic E-state index is 13.8. The summed E-state index contributed by atoms with van der Waals surface area (Å²) in [5.41, 5.74) is 2.30. The van der Waals surface area contributed by atoms with Gasteiger partial charge >= 0.3 is 6.09 Å². The standard InChI is InChI=1S/C32H28FNO6/c33-25-13-17-28(18-14-25)40-30(31(36)34-26(21-39-32(34)37)19-22-7-3-1-4-8-22)29(35)24-11-15-27(16-12-24)38-20-23-9-5-2-6-10-23/h1-18,26,29-30,35H,19-21H2/t26?,29-,30+/m1/s1. The fraction of sp³-hybridized carbons (Fsp3) is 0.188. The molecular weight excluding hydrogens is 513 g/mol. The predicted octanol–water partition coefficient (Wildman–Crippen LogP) is 5.48. The SMILES string of the molecule is O=C1OCC(Cc2ccccc2)N1C(=O)[C@@H](Oc1ccc(F)cc1)[C@H](O)c1ccc(OCc2ccccc2)cc1. The Balaban J connectivity index is 1.37. The van der Waals surface area contributed by atoms with E-state index in [0.717, 1.165) is 16.0 Å². The zero-order chi connectivity index (χ0) is 27.9. The van der Waals surface area contributed by atoms with Gasteiger partial charge in [-0.1, -0.05) is 72.8 Å². The molecule has 1 aliphatic heterocycles. The number of ether oxygens (including phenoxy) is 3.